The lowest BCUT2D eigenvalue weighted by molar-refractivity contribution is 0.143. The first-order valence-electron chi connectivity index (χ1n) is 7.83. The fourth-order valence-corrected chi connectivity index (χ4v) is 2.84. The van der Waals surface area contributed by atoms with E-state index in [1.807, 2.05) is 6.92 Å². The van der Waals surface area contributed by atoms with E-state index >= 15 is 0 Å². The van der Waals surface area contributed by atoms with Crippen LogP contribution in [0.15, 0.2) is 17.1 Å². The van der Waals surface area contributed by atoms with Crippen LogP contribution < -0.4 is 4.74 Å². The van der Waals surface area contributed by atoms with Crippen LogP contribution in [0.1, 0.15) is 38.2 Å². The molecule has 0 radical (unpaired) electrons. The van der Waals surface area contributed by atoms with Crippen LogP contribution in [-0.2, 0) is 0 Å². The zero-order valence-corrected chi connectivity index (χ0v) is 12.7. The van der Waals surface area contributed by atoms with Crippen molar-refractivity contribution in [3.05, 3.63) is 29.3 Å². The molecule has 1 unspecified atom stereocenters. The van der Waals surface area contributed by atoms with Gasteiger partial charge in [0.2, 0.25) is 5.82 Å². The number of aliphatic hydroxyl groups excluding tert-OH is 1. The summed E-state index contributed by atoms with van der Waals surface area (Å²) < 4.78 is 34.0. The highest BCUT2D eigenvalue weighted by molar-refractivity contribution is 6.02. The molecule has 1 aliphatic carbocycles. The molecule has 22 heavy (non-hydrogen) atoms. The second kappa shape index (κ2) is 5.95. The van der Waals surface area contributed by atoms with Crippen LogP contribution in [0.5, 0.6) is 5.75 Å². The summed E-state index contributed by atoms with van der Waals surface area (Å²) in [6.07, 6.45) is 3.65. The van der Waals surface area contributed by atoms with Crippen molar-refractivity contribution in [3.63, 3.8) is 0 Å². The molecule has 1 fully saturated rings. The second-order valence-electron chi connectivity index (χ2n) is 6.50. The molecule has 1 aromatic carbocycles. The van der Waals surface area contributed by atoms with Gasteiger partial charge in [-0.05, 0) is 43.7 Å². The number of aliphatic imine (C=N–C) groups is 1. The molecule has 1 N–H and O–H groups in total. The Hall–Kier alpha value is -1.49. The molecule has 0 aromatic heterocycles. The molecule has 0 bridgehead atoms. The van der Waals surface area contributed by atoms with Crippen LogP contribution in [-0.4, -0.2) is 30.6 Å². The molecular weight excluding hydrogens is 288 g/mol. The molecule has 1 atom stereocenters. The molecule has 3 nitrogen and oxygen atoms in total. The number of hydrogen-bond donors (Lipinski definition) is 1. The molecule has 1 aliphatic heterocycles. The molecule has 1 heterocycles. The SMILES string of the molecule is CC1CCCN=C1c1ccc(OCC2(CO)CC2)c(F)c1F. The highest BCUT2D eigenvalue weighted by Crippen LogP contribution is 2.45. The van der Waals surface area contributed by atoms with Crippen molar-refractivity contribution >= 4 is 5.71 Å². The number of rotatable bonds is 5. The first kappa shape index (κ1) is 15.4. The Morgan fingerprint density at radius 3 is 2.73 bits per heavy atom. The monoisotopic (exact) mass is 309 g/mol. The lowest BCUT2D eigenvalue weighted by Crippen LogP contribution is -2.21. The predicted molar refractivity (Wildman–Crippen MR) is 80.4 cm³/mol. The third kappa shape index (κ3) is 2.86. The van der Waals surface area contributed by atoms with Crippen LogP contribution >= 0.6 is 0 Å². The minimum atomic E-state index is -0.966. The van der Waals surface area contributed by atoms with E-state index in [1.54, 1.807) is 6.07 Å². The highest BCUT2D eigenvalue weighted by atomic mass is 19.2. The molecule has 2 aliphatic rings. The molecular formula is C17H21F2NO2. The van der Waals surface area contributed by atoms with Gasteiger partial charge in [0.25, 0.3) is 0 Å². The van der Waals surface area contributed by atoms with Gasteiger partial charge in [-0.2, -0.15) is 4.39 Å². The first-order chi connectivity index (χ1) is 10.6. The van der Waals surface area contributed by atoms with Gasteiger partial charge in [-0.1, -0.05) is 6.92 Å². The molecule has 120 valence electrons. The summed E-state index contributed by atoms with van der Waals surface area (Å²) in [6, 6.07) is 3.01. The first-order valence-corrected chi connectivity index (χ1v) is 7.83. The maximum Gasteiger partial charge on any atom is 0.201 e. The minimum Gasteiger partial charge on any atom is -0.490 e. The summed E-state index contributed by atoms with van der Waals surface area (Å²) in [4.78, 5) is 4.36. The summed E-state index contributed by atoms with van der Waals surface area (Å²) >= 11 is 0. The summed E-state index contributed by atoms with van der Waals surface area (Å²) in [5, 5.41) is 9.24. The number of aliphatic hydroxyl groups is 1. The third-order valence-corrected chi connectivity index (χ3v) is 4.69. The van der Waals surface area contributed by atoms with E-state index in [1.165, 1.54) is 6.07 Å². The Morgan fingerprint density at radius 1 is 1.32 bits per heavy atom. The number of benzene rings is 1. The molecule has 0 saturated heterocycles. The van der Waals surface area contributed by atoms with Gasteiger partial charge in [-0.3, -0.25) is 4.99 Å². The summed E-state index contributed by atoms with van der Waals surface area (Å²) in [6.45, 7) is 2.88. The van der Waals surface area contributed by atoms with E-state index in [0.717, 1.165) is 25.7 Å². The fourth-order valence-electron chi connectivity index (χ4n) is 2.84. The smallest absolute Gasteiger partial charge is 0.201 e. The van der Waals surface area contributed by atoms with Crippen molar-refractivity contribution in [2.45, 2.75) is 32.6 Å². The largest absolute Gasteiger partial charge is 0.490 e. The lowest BCUT2D eigenvalue weighted by Gasteiger charge is -2.21. The normalized spacial score (nSPS) is 23.1. The maximum atomic E-state index is 14.4. The van der Waals surface area contributed by atoms with Crippen LogP contribution in [0.4, 0.5) is 8.78 Å². The zero-order valence-electron chi connectivity index (χ0n) is 12.7. The second-order valence-corrected chi connectivity index (χ2v) is 6.50. The number of halogens is 2. The Bertz CT molecular complexity index is 597. The van der Waals surface area contributed by atoms with E-state index in [9.17, 15) is 13.9 Å². The summed E-state index contributed by atoms with van der Waals surface area (Å²) in [7, 11) is 0. The Labute approximate surface area is 129 Å². The average Bonchev–Trinajstić information content (AvgIpc) is 3.30. The van der Waals surface area contributed by atoms with Gasteiger partial charge in [0.05, 0.1) is 13.2 Å². The predicted octanol–water partition coefficient (Wildman–Crippen LogP) is 3.34. The van der Waals surface area contributed by atoms with E-state index in [2.05, 4.69) is 4.99 Å². The quantitative estimate of drug-likeness (QED) is 0.906. The third-order valence-electron chi connectivity index (χ3n) is 4.69. The van der Waals surface area contributed by atoms with Crippen molar-refractivity contribution in [1.82, 2.24) is 0 Å². The van der Waals surface area contributed by atoms with Crippen molar-refractivity contribution in [3.8, 4) is 5.75 Å². The van der Waals surface area contributed by atoms with Crippen LogP contribution in [0.25, 0.3) is 0 Å². The maximum absolute atomic E-state index is 14.4. The van der Waals surface area contributed by atoms with Gasteiger partial charge in [-0.15, -0.1) is 0 Å². The van der Waals surface area contributed by atoms with E-state index in [0.29, 0.717) is 12.3 Å². The number of ether oxygens (including phenoxy) is 1. The molecule has 0 spiro atoms. The fraction of sp³-hybridized carbons (Fsp3) is 0.588. The Kier molecular flexibility index (Phi) is 4.17. The van der Waals surface area contributed by atoms with E-state index < -0.39 is 11.6 Å². The van der Waals surface area contributed by atoms with Gasteiger partial charge < -0.3 is 9.84 Å². The number of nitrogens with zero attached hydrogens (tertiary/aromatic N) is 1. The van der Waals surface area contributed by atoms with Gasteiger partial charge in [0, 0.05) is 23.2 Å². The van der Waals surface area contributed by atoms with Crippen molar-refractivity contribution < 1.29 is 18.6 Å². The van der Waals surface area contributed by atoms with E-state index in [-0.39, 0.29) is 35.9 Å². The van der Waals surface area contributed by atoms with E-state index in [4.69, 9.17) is 4.74 Å². The standard InChI is InChI=1S/C17H21F2NO2/c1-11-3-2-8-20-16(11)12-4-5-13(15(19)14(12)18)22-10-17(9-21)6-7-17/h4-5,11,21H,2-3,6-10H2,1H3. The zero-order chi connectivity index (χ0) is 15.7. The summed E-state index contributed by atoms with van der Waals surface area (Å²) in [5.41, 5.74) is 0.618. The van der Waals surface area contributed by atoms with Crippen molar-refractivity contribution in [2.75, 3.05) is 19.8 Å². The molecule has 1 saturated carbocycles. The number of hydrogen-bond acceptors (Lipinski definition) is 3. The average molecular weight is 309 g/mol. The van der Waals surface area contributed by atoms with Crippen LogP contribution in [0.3, 0.4) is 0 Å². The topological polar surface area (TPSA) is 41.8 Å². The molecule has 0 amide bonds. The van der Waals surface area contributed by atoms with Crippen LogP contribution in [0, 0.1) is 23.0 Å². The van der Waals surface area contributed by atoms with Gasteiger partial charge in [0.15, 0.2) is 11.6 Å². The summed E-state index contributed by atoms with van der Waals surface area (Å²) in [5.74, 6) is -1.81. The van der Waals surface area contributed by atoms with Crippen LogP contribution in [0.2, 0.25) is 0 Å². The minimum absolute atomic E-state index is 0.0174. The van der Waals surface area contributed by atoms with Crippen molar-refractivity contribution in [1.29, 1.82) is 0 Å². The Morgan fingerprint density at radius 2 is 2.09 bits per heavy atom. The van der Waals surface area contributed by atoms with Gasteiger partial charge >= 0.3 is 0 Å². The van der Waals surface area contributed by atoms with Gasteiger partial charge in [0.1, 0.15) is 0 Å². The molecule has 3 rings (SSSR count). The van der Waals surface area contributed by atoms with Crippen molar-refractivity contribution in [2.24, 2.45) is 16.3 Å². The van der Waals surface area contributed by atoms with Gasteiger partial charge in [-0.25, -0.2) is 4.39 Å². The Balaban J connectivity index is 1.80. The highest BCUT2D eigenvalue weighted by Gasteiger charge is 2.43. The lowest BCUT2D eigenvalue weighted by atomic mass is 9.91. The molecule has 5 heteroatoms. The molecule has 1 aromatic rings.